The molecule has 0 amide bonds. The second-order valence-corrected chi connectivity index (χ2v) is 7.97. The fourth-order valence-corrected chi connectivity index (χ4v) is 2.68. The Labute approximate surface area is 291 Å². The molecular weight excluding hydrogens is 760 g/mol. The molecule has 0 aliphatic carbocycles. The van der Waals surface area contributed by atoms with Crippen molar-refractivity contribution in [1.29, 1.82) is 0 Å². The third-order valence-corrected chi connectivity index (χ3v) is 4.54. The predicted molar refractivity (Wildman–Crippen MR) is 113 cm³/mol. The molecule has 0 bridgehead atoms. The number of rotatable bonds is 21. The van der Waals surface area contributed by atoms with E-state index < -0.39 is 35.8 Å². The summed E-state index contributed by atoms with van der Waals surface area (Å²) in [5.41, 5.74) is 0. The van der Waals surface area contributed by atoms with E-state index in [1.54, 1.807) is 0 Å². The maximum atomic E-state index is 9.92. The van der Waals surface area contributed by atoms with Crippen LogP contribution in [0.2, 0.25) is 0 Å². The van der Waals surface area contributed by atoms with Gasteiger partial charge in [-0.05, 0) is 77.0 Å². The monoisotopic (exact) mass is 796 g/mol. The summed E-state index contributed by atoms with van der Waals surface area (Å²) >= 11 is 0. The van der Waals surface area contributed by atoms with Gasteiger partial charge in [0, 0.05) is 35.8 Å². The van der Waals surface area contributed by atoms with Crippen molar-refractivity contribution in [2.24, 2.45) is 0 Å². The minimum atomic E-state index is -1.05. The average Bonchev–Trinajstić information content (AvgIpc) is 2.75. The molecule has 0 aromatic carbocycles. The van der Waals surface area contributed by atoms with Gasteiger partial charge < -0.3 is 59.4 Å². The van der Waals surface area contributed by atoms with Gasteiger partial charge in [-0.1, -0.05) is 38.5 Å². The summed E-state index contributed by atoms with van der Waals surface area (Å²) in [5.74, 6) is -6.28. The van der Waals surface area contributed by atoms with E-state index >= 15 is 0 Å². The van der Waals surface area contributed by atoms with E-state index in [1.165, 1.54) is 0 Å². The first kappa shape index (κ1) is 47.4. The van der Waals surface area contributed by atoms with Gasteiger partial charge in [-0.15, -0.1) is 0 Å². The van der Waals surface area contributed by atoms with Crippen LogP contribution in [0.15, 0.2) is 0 Å². The summed E-state index contributed by atoms with van der Waals surface area (Å²) in [6, 6.07) is 0. The molecule has 2 radical (unpaired) electrons. The van der Waals surface area contributed by atoms with E-state index in [0.717, 1.165) is 38.5 Å². The fraction of sp³-hybridized carbons (Fsp3) is 0.750. The molecule has 212 valence electrons. The standard InChI is InChI=1S/3C8H14O4.2Ce/c3*9-7(10)5-3-1-2-4-6-8(11)12;;/h3*1-6H2,(H,9,10)(H,11,12);;/q;;;2*+3/p-6. The van der Waals surface area contributed by atoms with Gasteiger partial charge in [-0.25, -0.2) is 0 Å². The molecule has 14 heteroatoms. The number of hydrogen-bond acceptors (Lipinski definition) is 12. The number of aliphatic carboxylic acids is 6. The molecule has 0 heterocycles. The van der Waals surface area contributed by atoms with Crippen LogP contribution in [0, 0.1) is 83.5 Å². The van der Waals surface area contributed by atoms with Crippen LogP contribution in [0.5, 0.6) is 0 Å². The first-order chi connectivity index (χ1) is 16.9. The maximum Gasteiger partial charge on any atom is 3.00 e. The zero-order chi connectivity index (χ0) is 28.2. The molecule has 12 nitrogen and oxygen atoms in total. The summed E-state index contributed by atoms with van der Waals surface area (Å²) in [6.45, 7) is 0. The van der Waals surface area contributed by atoms with Crippen molar-refractivity contribution in [1.82, 2.24) is 0 Å². The molecule has 0 aromatic rings. The normalized spacial score (nSPS) is 9.16. The number of unbranched alkanes of at least 4 members (excludes halogenated alkanes) is 9. The van der Waals surface area contributed by atoms with Gasteiger partial charge in [0.2, 0.25) is 0 Å². The zero-order valence-electron chi connectivity index (χ0n) is 21.6. The molecule has 0 N–H and O–H groups in total. The van der Waals surface area contributed by atoms with E-state index in [2.05, 4.69) is 0 Å². The Morgan fingerprint density at radius 1 is 0.263 bits per heavy atom. The molecule has 0 spiro atoms. The summed E-state index contributed by atoms with van der Waals surface area (Å²) in [6.07, 6.45) is 8.18. The molecule has 0 aliphatic rings. The van der Waals surface area contributed by atoms with Gasteiger partial charge in [0.15, 0.2) is 0 Å². The summed E-state index contributed by atoms with van der Waals surface area (Å²) < 4.78 is 0. The van der Waals surface area contributed by atoms with Crippen molar-refractivity contribution >= 4 is 35.8 Å². The second kappa shape index (κ2) is 36.6. The summed E-state index contributed by atoms with van der Waals surface area (Å²) in [7, 11) is 0. The van der Waals surface area contributed by atoms with Gasteiger partial charge in [0.1, 0.15) is 0 Å². The van der Waals surface area contributed by atoms with Crippen LogP contribution in [-0.2, 0) is 28.8 Å². The van der Waals surface area contributed by atoms with Crippen LogP contribution < -0.4 is 30.6 Å². The maximum absolute atomic E-state index is 9.92. The Hall–Kier alpha value is -0.427. The summed E-state index contributed by atoms with van der Waals surface area (Å²) in [4.78, 5) is 59.5. The van der Waals surface area contributed by atoms with Crippen molar-refractivity contribution in [3.63, 3.8) is 0 Å². The molecule has 0 aromatic heterocycles. The zero-order valence-corrected chi connectivity index (χ0v) is 27.9. The average molecular weight is 797 g/mol. The third-order valence-electron chi connectivity index (χ3n) is 4.54. The Balaban J connectivity index is -0.000000140. The second-order valence-electron chi connectivity index (χ2n) is 7.97. The van der Waals surface area contributed by atoms with Crippen LogP contribution in [-0.4, -0.2) is 35.8 Å². The first-order valence-electron chi connectivity index (χ1n) is 12.1. The predicted octanol–water partition coefficient (Wildman–Crippen LogP) is -3.52. The first-order valence-corrected chi connectivity index (χ1v) is 12.1. The van der Waals surface area contributed by atoms with Crippen molar-refractivity contribution in [3.8, 4) is 0 Å². The molecule has 0 aliphatic heterocycles. The quantitative estimate of drug-likeness (QED) is 0.103. The van der Waals surface area contributed by atoms with Gasteiger partial charge in [0.25, 0.3) is 0 Å². The van der Waals surface area contributed by atoms with Crippen molar-refractivity contribution < 1.29 is 143 Å². The molecule has 0 rings (SSSR count). The SMILES string of the molecule is O=C([O-])CCCCCCC(=O)[O-].O=C([O-])CCCCCCC(=O)[O-].O=C([O-])CCCCCCC(=O)[O-].[Ce+3].[Ce+3]. The van der Waals surface area contributed by atoms with Crippen molar-refractivity contribution in [2.75, 3.05) is 0 Å². The van der Waals surface area contributed by atoms with Crippen molar-refractivity contribution in [3.05, 3.63) is 0 Å². The van der Waals surface area contributed by atoms with E-state index in [1.807, 2.05) is 0 Å². The fourth-order valence-electron chi connectivity index (χ4n) is 2.68. The smallest absolute Gasteiger partial charge is 0.550 e. The Bertz CT molecular complexity index is 502. The van der Waals surface area contributed by atoms with Crippen LogP contribution in [0.3, 0.4) is 0 Å². The van der Waals surface area contributed by atoms with Gasteiger partial charge >= 0.3 is 83.5 Å². The van der Waals surface area contributed by atoms with Gasteiger partial charge in [0.05, 0.1) is 0 Å². The van der Waals surface area contributed by atoms with Gasteiger partial charge in [-0.2, -0.15) is 0 Å². The minimum absolute atomic E-state index is 0. The molecule has 0 fully saturated rings. The van der Waals surface area contributed by atoms with Gasteiger partial charge in [-0.3, -0.25) is 0 Å². The van der Waals surface area contributed by atoms with Crippen LogP contribution in [0.1, 0.15) is 116 Å². The van der Waals surface area contributed by atoms with Crippen LogP contribution >= 0.6 is 0 Å². The number of hydrogen-bond donors (Lipinski definition) is 0. The van der Waals surface area contributed by atoms with E-state index in [-0.39, 0.29) is 122 Å². The Morgan fingerprint density at radius 3 is 0.447 bits per heavy atom. The van der Waals surface area contributed by atoms with E-state index in [0.29, 0.717) is 38.5 Å². The molecule has 0 saturated heterocycles. The molecule has 0 saturated carbocycles. The third kappa shape index (κ3) is 60.2. The number of carbonyl (C=O) groups is 6. The molecule has 0 atom stereocenters. The summed E-state index contributed by atoms with van der Waals surface area (Å²) in [5, 5.41) is 59.5. The molecular formula is C24H36Ce2O12. The number of carboxylic acid groups (broad SMARTS) is 6. The topological polar surface area (TPSA) is 241 Å². The number of carboxylic acids is 6. The Kier molecular flexibility index (Phi) is 45.6. The van der Waals surface area contributed by atoms with E-state index in [9.17, 15) is 59.4 Å². The molecule has 38 heavy (non-hydrogen) atoms. The van der Waals surface area contributed by atoms with E-state index in [4.69, 9.17) is 0 Å². The Morgan fingerprint density at radius 2 is 0.368 bits per heavy atom. The molecule has 0 unspecified atom stereocenters. The number of carbonyl (C=O) groups excluding carboxylic acids is 6. The van der Waals surface area contributed by atoms with Crippen LogP contribution in [0.25, 0.3) is 0 Å². The minimum Gasteiger partial charge on any atom is -0.550 e. The van der Waals surface area contributed by atoms with Crippen LogP contribution in [0.4, 0.5) is 0 Å². The largest absolute Gasteiger partial charge is 3.00 e. The van der Waals surface area contributed by atoms with Crippen molar-refractivity contribution in [2.45, 2.75) is 116 Å².